The van der Waals surface area contributed by atoms with Gasteiger partial charge < -0.3 is 9.88 Å². The molecule has 3 rings (SSSR count). The Bertz CT molecular complexity index is 586. The van der Waals surface area contributed by atoms with Crippen molar-refractivity contribution in [2.45, 2.75) is 31.8 Å². The third kappa shape index (κ3) is 2.37. The molecule has 2 aromatic rings. The molecule has 0 atom stereocenters. The van der Waals surface area contributed by atoms with Crippen molar-refractivity contribution in [3.8, 4) is 0 Å². The molecule has 0 spiro atoms. The molecule has 3 nitrogen and oxygen atoms in total. The Balaban J connectivity index is 1.69. The fourth-order valence-corrected chi connectivity index (χ4v) is 2.10. The lowest BCUT2D eigenvalue weighted by molar-refractivity contribution is -0.121. The number of nitrogens with one attached hydrogen (secondary N) is 1. The van der Waals surface area contributed by atoms with Gasteiger partial charge in [0.25, 0.3) is 0 Å². The molecule has 1 N–H and O–H groups in total. The van der Waals surface area contributed by atoms with Crippen LogP contribution in [0.5, 0.6) is 0 Å². The van der Waals surface area contributed by atoms with Crippen LogP contribution in [0.2, 0.25) is 0 Å². The third-order valence-corrected chi connectivity index (χ3v) is 3.26. The lowest BCUT2D eigenvalue weighted by atomic mass is 10.2. The highest BCUT2D eigenvalue weighted by Gasteiger charge is 2.22. The first kappa shape index (κ1) is 11.3. The normalized spacial score (nSPS) is 14.9. The van der Waals surface area contributed by atoms with Crippen LogP contribution in [0.4, 0.5) is 4.39 Å². The van der Waals surface area contributed by atoms with Gasteiger partial charge in [-0.05, 0) is 42.5 Å². The average molecular weight is 246 g/mol. The number of hydrogen-bond acceptors (Lipinski definition) is 1. The molecule has 0 bridgehead atoms. The van der Waals surface area contributed by atoms with Crippen LogP contribution < -0.4 is 5.32 Å². The molecule has 94 valence electrons. The van der Waals surface area contributed by atoms with Crippen LogP contribution in [0.25, 0.3) is 10.9 Å². The number of aryl methyl sites for hydroxylation is 1. The molecule has 1 fully saturated rings. The second kappa shape index (κ2) is 4.44. The molecule has 1 heterocycles. The number of hydrogen-bond donors (Lipinski definition) is 1. The van der Waals surface area contributed by atoms with Crippen LogP contribution in [0.3, 0.4) is 0 Å². The van der Waals surface area contributed by atoms with Crippen LogP contribution in [0.15, 0.2) is 30.5 Å². The summed E-state index contributed by atoms with van der Waals surface area (Å²) in [6.07, 6.45) is 4.54. The molecule has 0 unspecified atom stereocenters. The second-order valence-corrected chi connectivity index (χ2v) is 4.80. The number of nitrogens with zero attached hydrogens (tertiary/aromatic N) is 1. The molecule has 1 aliphatic carbocycles. The highest BCUT2D eigenvalue weighted by molar-refractivity contribution is 5.81. The first-order valence-electron chi connectivity index (χ1n) is 6.26. The molecule has 0 saturated heterocycles. The Labute approximate surface area is 105 Å². The number of aromatic nitrogens is 1. The summed E-state index contributed by atoms with van der Waals surface area (Å²) in [7, 11) is 0. The van der Waals surface area contributed by atoms with Crippen LogP contribution in [-0.4, -0.2) is 16.5 Å². The molecule has 1 saturated carbocycles. The number of halogens is 1. The first-order chi connectivity index (χ1) is 8.72. The maximum Gasteiger partial charge on any atom is 0.222 e. The summed E-state index contributed by atoms with van der Waals surface area (Å²) in [5.74, 6) is -0.166. The third-order valence-electron chi connectivity index (χ3n) is 3.26. The van der Waals surface area contributed by atoms with E-state index in [-0.39, 0.29) is 11.7 Å². The van der Waals surface area contributed by atoms with Gasteiger partial charge in [0.15, 0.2) is 0 Å². The molecule has 0 radical (unpaired) electrons. The van der Waals surface area contributed by atoms with Crippen molar-refractivity contribution >= 4 is 16.8 Å². The largest absolute Gasteiger partial charge is 0.353 e. The molecule has 18 heavy (non-hydrogen) atoms. The molecule has 1 aliphatic rings. The summed E-state index contributed by atoms with van der Waals surface area (Å²) in [4.78, 5) is 11.6. The summed E-state index contributed by atoms with van der Waals surface area (Å²) in [6.45, 7) is 0.589. The van der Waals surface area contributed by atoms with E-state index < -0.39 is 0 Å². The van der Waals surface area contributed by atoms with Gasteiger partial charge in [0.05, 0.1) is 5.52 Å². The van der Waals surface area contributed by atoms with E-state index in [4.69, 9.17) is 0 Å². The number of benzene rings is 1. The van der Waals surface area contributed by atoms with E-state index in [1.807, 2.05) is 16.8 Å². The summed E-state index contributed by atoms with van der Waals surface area (Å²) in [6, 6.07) is 7.05. The lowest BCUT2D eigenvalue weighted by Crippen LogP contribution is -2.26. The minimum atomic E-state index is -0.245. The molecule has 0 aliphatic heterocycles. The summed E-state index contributed by atoms with van der Waals surface area (Å²) in [5, 5.41) is 3.95. The summed E-state index contributed by atoms with van der Waals surface area (Å²) < 4.78 is 15.1. The molecule has 4 heteroatoms. The minimum Gasteiger partial charge on any atom is -0.353 e. The first-order valence-corrected chi connectivity index (χ1v) is 6.26. The molecular formula is C14H15FN2O. The number of carbonyl (C=O) groups excluding carboxylic acids is 1. The summed E-state index contributed by atoms with van der Waals surface area (Å²) in [5.41, 5.74) is 0.842. The van der Waals surface area contributed by atoms with Crippen LogP contribution in [0, 0.1) is 5.82 Å². The Hall–Kier alpha value is -1.84. The predicted molar refractivity (Wildman–Crippen MR) is 67.7 cm³/mol. The maximum atomic E-state index is 13.2. The van der Waals surface area contributed by atoms with Gasteiger partial charge in [-0.3, -0.25) is 4.79 Å². The van der Waals surface area contributed by atoms with Crippen molar-refractivity contribution in [1.29, 1.82) is 0 Å². The van der Waals surface area contributed by atoms with Crippen molar-refractivity contribution in [3.63, 3.8) is 0 Å². The van der Waals surface area contributed by atoms with Gasteiger partial charge in [-0.15, -0.1) is 0 Å². The van der Waals surface area contributed by atoms with Gasteiger partial charge in [-0.25, -0.2) is 4.39 Å². The number of carbonyl (C=O) groups is 1. The lowest BCUT2D eigenvalue weighted by Gasteiger charge is -2.06. The van der Waals surface area contributed by atoms with E-state index in [0.717, 1.165) is 23.7 Å². The van der Waals surface area contributed by atoms with E-state index in [9.17, 15) is 9.18 Å². The number of rotatable bonds is 4. The quantitative estimate of drug-likeness (QED) is 0.883. The molecule has 1 aromatic carbocycles. The molecule has 1 aromatic heterocycles. The molecular weight excluding hydrogens is 231 g/mol. The number of fused-ring (bicyclic) bond motifs is 1. The molecule has 1 amide bonds. The summed E-state index contributed by atoms with van der Waals surface area (Å²) >= 11 is 0. The minimum absolute atomic E-state index is 0.0794. The van der Waals surface area contributed by atoms with Gasteiger partial charge in [0.2, 0.25) is 5.91 Å². The monoisotopic (exact) mass is 246 g/mol. The van der Waals surface area contributed by atoms with E-state index in [2.05, 4.69) is 5.32 Å². The Kier molecular flexibility index (Phi) is 2.78. The zero-order valence-electron chi connectivity index (χ0n) is 10.0. The average Bonchev–Trinajstić information content (AvgIpc) is 3.06. The van der Waals surface area contributed by atoms with Gasteiger partial charge in [-0.2, -0.15) is 0 Å². The van der Waals surface area contributed by atoms with E-state index in [1.54, 1.807) is 6.07 Å². The zero-order valence-corrected chi connectivity index (χ0v) is 10.0. The van der Waals surface area contributed by atoms with Gasteiger partial charge in [0, 0.05) is 25.2 Å². The van der Waals surface area contributed by atoms with Crippen molar-refractivity contribution in [2.75, 3.05) is 0 Å². The van der Waals surface area contributed by atoms with E-state index in [1.165, 1.54) is 12.1 Å². The zero-order chi connectivity index (χ0) is 12.5. The highest BCUT2D eigenvalue weighted by Crippen LogP contribution is 2.19. The van der Waals surface area contributed by atoms with Gasteiger partial charge in [0.1, 0.15) is 5.82 Å². The maximum absolute atomic E-state index is 13.2. The SMILES string of the molecule is O=C(CCn1ccc2ccc(F)cc21)NC1CC1. The van der Waals surface area contributed by atoms with Crippen molar-refractivity contribution < 1.29 is 9.18 Å². The standard InChI is InChI=1S/C14H15FN2O/c15-11-2-1-10-5-7-17(13(10)9-11)8-6-14(18)16-12-3-4-12/h1-2,5,7,9,12H,3-4,6,8H2,(H,16,18). The fraction of sp³-hybridized carbons (Fsp3) is 0.357. The Morgan fingerprint density at radius 1 is 1.39 bits per heavy atom. The van der Waals surface area contributed by atoms with Crippen LogP contribution in [-0.2, 0) is 11.3 Å². The highest BCUT2D eigenvalue weighted by atomic mass is 19.1. The number of amides is 1. The van der Waals surface area contributed by atoms with Crippen molar-refractivity contribution in [3.05, 3.63) is 36.3 Å². The Morgan fingerprint density at radius 3 is 3.00 bits per heavy atom. The van der Waals surface area contributed by atoms with Crippen LogP contribution in [0.1, 0.15) is 19.3 Å². The van der Waals surface area contributed by atoms with Crippen molar-refractivity contribution in [2.24, 2.45) is 0 Å². The van der Waals surface area contributed by atoms with E-state index >= 15 is 0 Å². The fourth-order valence-electron chi connectivity index (χ4n) is 2.10. The van der Waals surface area contributed by atoms with Gasteiger partial charge in [-0.1, -0.05) is 0 Å². The second-order valence-electron chi connectivity index (χ2n) is 4.80. The van der Waals surface area contributed by atoms with Crippen LogP contribution >= 0.6 is 0 Å². The Morgan fingerprint density at radius 2 is 2.22 bits per heavy atom. The van der Waals surface area contributed by atoms with Crippen molar-refractivity contribution in [1.82, 2.24) is 9.88 Å². The topological polar surface area (TPSA) is 34.0 Å². The van der Waals surface area contributed by atoms with Gasteiger partial charge >= 0.3 is 0 Å². The predicted octanol–water partition coefficient (Wildman–Crippen LogP) is 2.45. The van der Waals surface area contributed by atoms with E-state index in [0.29, 0.717) is 19.0 Å². The smallest absolute Gasteiger partial charge is 0.222 e.